The van der Waals surface area contributed by atoms with Crippen LogP contribution in [0.2, 0.25) is 0 Å². The van der Waals surface area contributed by atoms with Crippen LogP contribution < -0.4 is 0 Å². The molecule has 2 heterocycles. The van der Waals surface area contributed by atoms with Crippen LogP contribution >= 0.6 is 0 Å². The normalized spacial score (nSPS) is 23.6. The molecule has 7 heteroatoms. The highest BCUT2D eigenvalue weighted by molar-refractivity contribution is 5.90. The standard InChI is InChI=1S/C18H31N5O2/c1-17(2,3)23-13-19-15(20-23)16(24)22-12-18(8-6-7-9-18)25-11-14(22)10-21(4)5/h13-14H,6-12H2,1-5H3. The van der Waals surface area contributed by atoms with E-state index in [0.717, 1.165) is 19.4 Å². The quantitative estimate of drug-likeness (QED) is 0.832. The smallest absolute Gasteiger partial charge is 0.293 e. The van der Waals surface area contributed by atoms with Crippen molar-refractivity contribution in [2.75, 3.05) is 33.8 Å². The van der Waals surface area contributed by atoms with Crippen LogP contribution in [0, 0.1) is 0 Å². The zero-order valence-electron chi connectivity index (χ0n) is 16.2. The van der Waals surface area contributed by atoms with E-state index in [-0.39, 0.29) is 28.9 Å². The molecule has 1 aliphatic carbocycles. The van der Waals surface area contributed by atoms with E-state index < -0.39 is 0 Å². The van der Waals surface area contributed by atoms with Gasteiger partial charge in [0.2, 0.25) is 5.82 Å². The molecule has 3 rings (SSSR count). The Morgan fingerprint density at radius 3 is 2.60 bits per heavy atom. The highest BCUT2D eigenvalue weighted by Gasteiger charge is 2.45. The predicted octanol–water partition coefficient (Wildman–Crippen LogP) is 1.75. The molecule has 1 saturated heterocycles. The van der Waals surface area contributed by atoms with Crippen molar-refractivity contribution in [3.05, 3.63) is 12.2 Å². The number of hydrogen-bond donors (Lipinski definition) is 0. The number of nitrogens with zero attached hydrogens (tertiary/aromatic N) is 5. The summed E-state index contributed by atoms with van der Waals surface area (Å²) in [7, 11) is 4.05. The van der Waals surface area contributed by atoms with E-state index in [4.69, 9.17) is 4.74 Å². The van der Waals surface area contributed by atoms with Gasteiger partial charge in [0.15, 0.2) is 0 Å². The van der Waals surface area contributed by atoms with Crippen molar-refractivity contribution >= 4 is 5.91 Å². The minimum absolute atomic E-state index is 0.0373. The van der Waals surface area contributed by atoms with Crippen LogP contribution in [0.5, 0.6) is 0 Å². The van der Waals surface area contributed by atoms with Crippen LogP contribution in [0.3, 0.4) is 0 Å². The van der Waals surface area contributed by atoms with Crippen molar-refractivity contribution in [3.63, 3.8) is 0 Å². The molecule has 1 aromatic heterocycles. The van der Waals surface area contributed by atoms with E-state index in [0.29, 0.717) is 13.2 Å². The van der Waals surface area contributed by atoms with E-state index >= 15 is 0 Å². The first-order chi connectivity index (χ1) is 11.7. The van der Waals surface area contributed by atoms with Crippen LogP contribution in [-0.4, -0.2) is 75.9 Å². The van der Waals surface area contributed by atoms with E-state index in [1.165, 1.54) is 12.8 Å². The van der Waals surface area contributed by atoms with Crippen molar-refractivity contribution in [2.45, 2.75) is 63.6 Å². The average molecular weight is 349 g/mol. The lowest BCUT2D eigenvalue weighted by molar-refractivity contribution is -0.121. The van der Waals surface area contributed by atoms with E-state index in [1.54, 1.807) is 11.0 Å². The number of aromatic nitrogens is 3. The highest BCUT2D eigenvalue weighted by Crippen LogP contribution is 2.37. The molecule has 1 amide bonds. The minimum Gasteiger partial charge on any atom is -0.371 e. The van der Waals surface area contributed by atoms with E-state index in [1.807, 2.05) is 39.8 Å². The lowest BCUT2D eigenvalue weighted by atomic mass is 9.97. The third kappa shape index (κ3) is 3.87. The number of likely N-dealkylation sites (N-methyl/N-ethyl adjacent to an activating group) is 1. The van der Waals surface area contributed by atoms with Crippen LogP contribution in [0.4, 0.5) is 0 Å². The first-order valence-corrected chi connectivity index (χ1v) is 9.22. The maximum absolute atomic E-state index is 13.2. The van der Waals surface area contributed by atoms with Gasteiger partial charge in [0.1, 0.15) is 6.33 Å². The molecule has 1 aliphatic heterocycles. The molecule has 1 unspecified atom stereocenters. The van der Waals surface area contributed by atoms with Crippen molar-refractivity contribution in [3.8, 4) is 0 Å². The lowest BCUT2D eigenvalue weighted by Gasteiger charge is -2.45. The van der Waals surface area contributed by atoms with Gasteiger partial charge >= 0.3 is 0 Å². The molecule has 0 aromatic carbocycles. The number of amides is 1. The van der Waals surface area contributed by atoms with Gasteiger partial charge in [-0.05, 0) is 47.7 Å². The van der Waals surface area contributed by atoms with Gasteiger partial charge in [0, 0.05) is 6.54 Å². The Labute approximate surface area is 150 Å². The van der Waals surface area contributed by atoms with Gasteiger partial charge in [-0.2, -0.15) is 0 Å². The molecular formula is C18H31N5O2. The summed E-state index contributed by atoms with van der Waals surface area (Å²) in [5.41, 5.74) is -0.350. The molecule has 140 valence electrons. The Balaban J connectivity index is 1.83. The number of rotatable bonds is 3. The van der Waals surface area contributed by atoms with Crippen LogP contribution in [0.25, 0.3) is 0 Å². The number of morpholine rings is 1. The van der Waals surface area contributed by atoms with E-state index in [9.17, 15) is 4.79 Å². The Morgan fingerprint density at radius 2 is 2.04 bits per heavy atom. The Kier molecular flexibility index (Phi) is 4.90. The number of ether oxygens (including phenoxy) is 1. The fraction of sp³-hybridized carbons (Fsp3) is 0.833. The summed E-state index contributed by atoms with van der Waals surface area (Å²) in [5, 5.41) is 4.45. The average Bonchev–Trinajstić information content (AvgIpc) is 3.18. The summed E-state index contributed by atoms with van der Waals surface area (Å²) in [6, 6.07) is 0.0373. The molecule has 1 saturated carbocycles. The molecule has 0 bridgehead atoms. The monoisotopic (exact) mass is 349 g/mol. The molecule has 25 heavy (non-hydrogen) atoms. The second kappa shape index (κ2) is 6.68. The summed E-state index contributed by atoms with van der Waals surface area (Å²) in [4.78, 5) is 21.5. The predicted molar refractivity (Wildman–Crippen MR) is 95.5 cm³/mol. The van der Waals surface area contributed by atoms with Gasteiger partial charge in [-0.1, -0.05) is 12.8 Å². The Bertz CT molecular complexity index is 613. The Morgan fingerprint density at radius 1 is 1.36 bits per heavy atom. The van der Waals surface area contributed by atoms with Crippen LogP contribution in [-0.2, 0) is 10.3 Å². The molecule has 7 nitrogen and oxygen atoms in total. The first kappa shape index (κ1) is 18.3. The fourth-order valence-corrected chi connectivity index (χ4v) is 3.79. The molecule has 2 aliphatic rings. The molecule has 1 aromatic rings. The van der Waals surface area contributed by atoms with Crippen molar-refractivity contribution < 1.29 is 9.53 Å². The number of carbonyl (C=O) groups excluding carboxylic acids is 1. The second-order valence-corrected chi connectivity index (χ2v) is 8.73. The zero-order valence-corrected chi connectivity index (χ0v) is 16.2. The molecule has 2 fully saturated rings. The topological polar surface area (TPSA) is 63.5 Å². The fourth-order valence-electron chi connectivity index (χ4n) is 3.79. The number of carbonyl (C=O) groups is 1. The van der Waals surface area contributed by atoms with Crippen molar-refractivity contribution in [2.24, 2.45) is 0 Å². The van der Waals surface area contributed by atoms with Gasteiger partial charge in [0.05, 0.1) is 30.3 Å². The van der Waals surface area contributed by atoms with Crippen molar-refractivity contribution in [1.82, 2.24) is 24.6 Å². The third-order valence-electron chi connectivity index (χ3n) is 5.20. The number of hydrogen-bond acceptors (Lipinski definition) is 5. The zero-order chi connectivity index (χ0) is 18.2. The van der Waals surface area contributed by atoms with E-state index in [2.05, 4.69) is 15.0 Å². The van der Waals surface area contributed by atoms with Crippen LogP contribution in [0.15, 0.2) is 6.33 Å². The maximum atomic E-state index is 13.2. The van der Waals surface area contributed by atoms with Gasteiger partial charge in [-0.25, -0.2) is 9.67 Å². The summed E-state index contributed by atoms with van der Waals surface area (Å²) >= 11 is 0. The van der Waals surface area contributed by atoms with Gasteiger partial charge in [0.25, 0.3) is 5.91 Å². The first-order valence-electron chi connectivity index (χ1n) is 9.22. The third-order valence-corrected chi connectivity index (χ3v) is 5.20. The SMILES string of the molecule is CN(C)CC1COC2(CCCC2)CN1C(=O)c1ncn(C(C)(C)C)n1. The maximum Gasteiger partial charge on any atom is 0.293 e. The minimum atomic E-state index is -0.188. The summed E-state index contributed by atoms with van der Waals surface area (Å²) in [5.74, 6) is 0.207. The summed E-state index contributed by atoms with van der Waals surface area (Å²) < 4.78 is 8.01. The van der Waals surface area contributed by atoms with Crippen LogP contribution in [0.1, 0.15) is 57.1 Å². The molecular weight excluding hydrogens is 318 g/mol. The second-order valence-electron chi connectivity index (χ2n) is 8.73. The molecule has 1 spiro atoms. The van der Waals surface area contributed by atoms with Gasteiger partial charge in [-0.3, -0.25) is 4.79 Å². The van der Waals surface area contributed by atoms with Gasteiger partial charge in [-0.15, -0.1) is 5.10 Å². The largest absolute Gasteiger partial charge is 0.371 e. The molecule has 0 N–H and O–H groups in total. The Hall–Kier alpha value is -1.47. The highest BCUT2D eigenvalue weighted by atomic mass is 16.5. The summed E-state index contributed by atoms with van der Waals surface area (Å²) in [6.45, 7) is 8.16. The van der Waals surface area contributed by atoms with Crippen molar-refractivity contribution in [1.29, 1.82) is 0 Å². The summed E-state index contributed by atoms with van der Waals surface area (Å²) in [6.07, 6.45) is 6.08. The molecule has 0 radical (unpaired) electrons. The lowest BCUT2D eigenvalue weighted by Crippen LogP contribution is -2.60. The molecule has 1 atom stereocenters. The van der Waals surface area contributed by atoms with Gasteiger partial charge < -0.3 is 14.5 Å².